The number of fused-ring (bicyclic) bond motifs is 1. The van der Waals surface area contributed by atoms with Gasteiger partial charge in [0.25, 0.3) is 0 Å². The first-order valence-corrected chi connectivity index (χ1v) is 9.45. The zero-order chi connectivity index (χ0) is 17.7. The summed E-state index contributed by atoms with van der Waals surface area (Å²) < 4.78 is 0. The average molecular weight is 328 g/mol. The molecule has 1 aliphatic rings. The Balaban J connectivity index is 1.62. The highest BCUT2D eigenvalue weighted by atomic mass is 14.5. The molecule has 0 radical (unpaired) electrons. The zero-order valence-corrected chi connectivity index (χ0v) is 15.8. The molecule has 0 spiro atoms. The molecule has 0 nitrogen and oxygen atoms in total. The molecule has 128 valence electrons. The Morgan fingerprint density at radius 2 is 1.20 bits per heavy atom. The Morgan fingerprint density at radius 3 is 1.84 bits per heavy atom. The van der Waals surface area contributed by atoms with Crippen molar-refractivity contribution >= 4 is 10.8 Å². The highest BCUT2D eigenvalue weighted by molar-refractivity contribution is 5.87. The molecule has 1 saturated carbocycles. The van der Waals surface area contributed by atoms with Crippen molar-refractivity contribution in [3.63, 3.8) is 0 Å². The fourth-order valence-corrected chi connectivity index (χ4v) is 4.41. The van der Waals surface area contributed by atoms with Crippen molar-refractivity contribution in [2.24, 2.45) is 10.8 Å². The van der Waals surface area contributed by atoms with Gasteiger partial charge in [-0.3, -0.25) is 0 Å². The van der Waals surface area contributed by atoms with Gasteiger partial charge in [-0.05, 0) is 63.1 Å². The van der Waals surface area contributed by atoms with E-state index in [1.807, 2.05) is 0 Å². The van der Waals surface area contributed by atoms with Crippen molar-refractivity contribution in [3.8, 4) is 11.1 Å². The topological polar surface area (TPSA) is 0 Å². The molecule has 3 aromatic rings. The maximum absolute atomic E-state index is 2.43. The van der Waals surface area contributed by atoms with E-state index in [1.165, 1.54) is 40.3 Å². The molecule has 0 N–H and O–H groups in total. The molecule has 1 fully saturated rings. The number of hydrogen-bond donors (Lipinski definition) is 0. The van der Waals surface area contributed by atoms with E-state index in [-0.39, 0.29) is 0 Å². The van der Waals surface area contributed by atoms with Crippen LogP contribution in [0.25, 0.3) is 21.9 Å². The van der Waals surface area contributed by atoms with Gasteiger partial charge in [0.05, 0.1) is 0 Å². The molecule has 0 atom stereocenters. The van der Waals surface area contributed by atoms with Gasteiger partial charge in [0.15, 0.2) is 0 Å². The third kappa shape index (κ3) is 2.88. The first-order chi connectivity index (χ1) is 11.9. The van der Waals surface area contributed by atoms with Crippen LogP contribution in [-0.2, 0) is 0 Å². The molecular formula is C25H28. The summed E-state index contributed by atoms with van der Waals surface area (Å²) in [6.07, 6.45) is 2.57. The fourth-order valence-electron chi connectivity index (χ4n) is 4.41. The Labute approximate surface area is 151 Å². The Morgan fingerprint density at radius 1 is 0.640 bits per heavy atom. The van der Waals surface area contributed by atoms with Crippen LogP contribution in [-0.4, -0.2) is 0 Å². The number of benzene rings is 3. The van der Waals surface area contributed by atoms with Crippen molar-refractivity contribution in [2.75, 3.05) is 0 Å². The maximum Gasteiger partial charge on any atom is -0.0151 e. The summed E-state index contributed by atoms with van der Waals surface area (Å²) in [4.78, 5) is 0. The molecule has 0 unspecified atom stereocenters. The lowest BCUT2D eigenvalue weighted by molar-refractivity contribution is 0.157. The summed E-state index contributed by atoms with van der Waals surface area (Å²) in [7, 11) is 0. The van der Waals surface area contributed by atoms with E-state index >= 15 is 0 Å². The minimum absolute atomic E-state index is 0.411. The van der Waals surface area contributed by atoms with Crippen LogP contribution in [0.4, 0.5) is 0 Å². The summed E-state index contributed by atoms with van der Waals surface area (Å²) in [5.41, 5.74) is 4.94. The Kier molecular flexibility index (Phi) is 3.76. The molecule has 1 aliphatic carbocycles. The predicted octanol–water partition coefficient (Wildman–Crippen LogP) is 7.44. The fraction of sp³-hybridized carbons (Fsp3) is 0.360. The van der Waals surface area contributed by atoms with Crippen LogP contribution in [0.2, 0.25) is 0 Å². The van der Waals surface area contributed by atoms with Crippen molar-refractivity contribution in [2.45, 2.75) is 46.5 Å². The van der Waals surface area contributed by atoms with E-state index in [0.717, 1.165) is 0 Å². The molecule has 0 heterocycles. The molecule has 3 aromatic carbocycles. The van der Waals surface area contributed by atoms with E-state index < -0.39 is 0 Å². The van der Waals surface area contributed by atoms with Gasteiger partial charge in [-0.15, -0.1) is 0 Å². The smallest absolute Gasteiger partial charge is 0.0151 e. The number of rotatable bonds is 2. The minimum Gasteiger partial charge on any atom is -0.0616 e. The van der Waals surface area contributed by atoms with E-state index in [0.29, 0.717) is 16.7 Å². The van der Waals surface area contributed by atoms with Gasteiger partial charge in [-0.2, -0.15) is 0 Å². The van der Waals surface area contributed by atoms with Crippen molar-refractivity contribution in [1.29, 1.82) is 0 Å². The normalized spacial score (nSPS) is 19.4. The quantitative estimate of drug-likeness (QED) is 0.458. The maximum atomic E-state index is 2.43. The summed E-state index contributed by atoms with van der Waals surface area (Å²) >= 11 is 0. The highest BCUT2D eigenvalue weighted by Gasteiger charge is 2.46. The Hall–Kier alpha value is -2.08. The van der Waals surface area contributed by atoms with Crippen LogP contribution in [0.5, 0.6) is 0 Å². The largest absolute Gasteiger partial charge is 0.0616 e. The molecule has 25 heavy (non-hydrogen) atoms. The first-order valence-electron chi connectivity index (χ1n) is 9.45. The van der Waals surface area contributed by atoms with Gasteiger partial charge >= 0.3 is 0 Å². The van der Waals surface area contributed by atoms with Gasteiger partial charge in [0.2, 0.25) is 0 Å². The van der Waals surface area contributed by atoms with Crippen molar-refractivity contribution in [3.05, 3.63) is 72.3 Å². The molecule has 0 heteroatoms. The SMILES string of the molecule is CC1(C)CC(c2ccc(-c3ccc4ccccc4c3)cc2)CC1(C)C. The predicted molar refractivity (Wildman–Crippen MR) is 109 cm³/mol. The molecule has 4 rings (SSSR count). The van der Waals surface area contributed by atoms with Gasteiger partial charge in [-0.1, -0.05) is 88.4 Å². The lowest BCUT2D eigenvalue weighted by Crippen LogP contribution is -2.25. The number of hydrogen-bond acceptors (Lipinski definition) is 0. The first kappa shape index (κ1) is 16.4. The van der Waals surface area contributed by atoms with Crippen LogP contribution in [0.1, 0.15) is 52.0 Å². The van der Waals surface area contributed by atoms with Crippen LogP contribution < -0.4 is 0 Å². The van der Waals surface area contributed by atoms with E-state index in [9.17, 15) is 0 Å². The van der Waals surface area contributed by atoms with Crippen molar-refractivity contribution in [1.82, 2.24) is 0 Å². The highest BCUT2D eigenvalue weighted by Crippen LogP contribution is 2.57. The van der Waals surface area contributed by atoms with Gasteiger partial charge in [-0.25, -0.2) is 0 Å². The molecule has 0 aromatic heterocycles. The summed E-state index contributed by atoms with van der Waals surface area (Å²) in [5.74, 6) is 0.690. The van der Waals surface area contributed by atoms with Crippen LogP contribution >= 0.6 is 0 Å². The minimum atomic E-state index is 0.411. The molecule has 0 amide bonds. The zero-order valence-electron chi connectivity index (χ0n) is 15.8. The molecule has 0 bridgehead atoms. The summed E-state index contributed by atoms with van der Waals surface area (Å²) in [5, 5.41) is 2.61. The van der Waals surface area contributed by atoms with Crippen molar-refractivity contribution < 1.29 is 0 Å². The Bertz CT molecular complexity index is 881. The second-order valence-corrected chi connectivity index (χ2v) is 9.06. The summed E-state index contributed by atoms with van der Waals surface area (Å²) in [6, 6.07) is 24.6. The monoisotopic (exact) mass is 328 g/mol. The second-order valence-electron chi connectivity index (χ2n) is 9.06. The van der Waals surface area contributed by atoms with E-state index in [2.05, 4.69) is 94.4 Å². The van der Waals surface area contributed by atoms with Crippen LogP contribution in [0.15, 0.2) is 66.7 Å². The third-order valence-corrected chi connectivity index (χ3v) is 6.81. The van der Waals surface area contributed by atoms with Gasteiger partial charge < -0.3 is 0 Å². The average Bonchev–Trinajstić information content (AvgIpc) is 2.82. The summed E-state index contributed by atoms with van der Waals surface area (Å²) in [6.45, 7) is 9.71. The third-order valence-electron chi connectivity index (χ3n) is 6.81. The van der Waals surface area contributed by atoms with Gasteiger partial charge in [0.1, 0.15) is 0 Å². The van der Waals surface area contributed by atoms with E-state index in [1.54, 1.807) is 0 Å². The second kappa shape index (κ2) is 5.73. The molecule has 0 saturated heterocycles. The van der Waals surface area contributed by atoms with Gasteiger partial charge in [0, 0.05) is 0 Å². The van der Waals surface area contributed by atoms with Crippen LogP contribution in [0, 0.1) is 10.8 Å². The standard InChI is InChI=1S/C25H28/c1-24(2)16-23(17-25(24,3)4)20-11-9-19(10-12-20)22-14-13-18-7-5-6-8-21(18)15-22/h5-15,23H,16-17H2,1-4H3. The lowest BCUT2D eigenvalue weighted by atomic mass is 9.71. The lowest BCUT2D eigenvalue weighted by Gasteiger charge is -2.34. The van der Waals surface area contributed by atoms with E-state index in [4.69, 9.17) is 0 Å². The molecule has 0 aliphatic heterocycles. The van der Waals surface area contributed by atoms with Crippen LogP contribution in [0.3, 0.4) is 0 Å². The molecular weight excluding hydrogens is 300 g/mol.